The Bertz CT molecular complexity index is 692. The number of ether oxygens (including phenoxy) is 1. The van der Waals surface area contributed by atoms with Crippen molar-refractivity contribution in [3.8, 4) is 17.0 Å². The van der Waals surface area contributed by atoms with E-state index >= 15 is 0 Å². The molecule has 1 unspecified atom stereocenters. The second-order valence-corrected chi connectivity index (χ2v) is 5.74. The van der Waals surface area contributed by atoms with Crippen molar-refractivity contribution in [1.29, 1.82) is 0 Å². The molecule has 0 bridgehead atoms. The third-order valence-electron chi connectivity index (χ3n) is 4.31. The van der Waals surface area contributed by atoms with E-state index in [4.69, 9.17) is 15.5 Å². The largest absolute Gasteiger partial charge is 0.496 e. The van der Waals surface area contributed by atoms with Gasteiger partial charge in [-0.1, -0.05) is 19.1 Å². The van der Waals surface area contributed by atoms with Gasteiger partial charge in [-0.05, 0) is 48.6 Å². The van der Waals surface area contributed by atoms with Crippen LogP contribution in [0.3, 0.4) is 0 Å². The predicted octanol–water partition coefficient (Wildman–Crippen LogP) is 3.50. The monoisotopic (exact) mass is 295 g/mol. The normalized spacial score (nSPS) is 16.4. The van der Waals surface area contributed by atoms with Crippen LogP contribution < -0.4 is 10.5 Å². The van der Waals surface area contributed by atoms with Gasteiger partial charge in [-0.2, -0.15) is 0 Å². The first-order valence-electron chi connectivity index (χ1n) is 7.62. The highest BCUT2D eigenvalue weighted by Crippen LogP contribution is 2.42. The molecule has 1 aromatic carbocycles. The number of allylic oxidation sites excluding steroid dienone is 1. The summed E-state index contributed by atoms with van der Waals surface area (Å²) in [6.07, 6.45) is 7.78. The number of rotatable bonds is 5. The molecule has 22 heavy (non-hydrogen) atoms. The maximum atomic E-state index is 5.86. The highest BCUT2D eigenvalue weighted by atomic mass is 16.5. The zero-order chi connectivity index (χ0) is 15.5. The van der Waals surface area contributed by atoms with Crippen LogP contribution in [0.15, 0.2) is 42.9 Å². The van der Waals surface area contributed by atoms with Gasteiger partial charge in [0.15, 0.2) is 0 Å². The van der Waals surface area contributed by atoms with E-state index in [0.717, 1.165) is 34.2 Å². The summed E-state index contributed by atoms with van der Waals surface area (Å²) in [7, 11) is 1.66. The zero-order valence-corrected chi connectivity index (χ0v) is 13.0. The number of para-hydroxylation sites is 1. The van der Waals surface area contributed by atoms with E-state index in [0.29, 0.717) is 5.92 Å². The summed E-state index contributed by atoms with van der Waals surface area (Å²) in [5.74, 6) is 1.95. The van der Waals surface area contributed by atoms with Crippen molar-refractivity contribution in [3.63, 3.8) is 0 Å². The maximum Gasteiger partial charge on any atom is 0.128 e. The number of nitrogens with zero attached hydrogens (tertiary/aromatic N) is 2. The predicted molar refractivity (Wildman–Crippen MR) is 88.1 cm³/mol. The van der Waals surface area contributed by atoms with Gasteiger partial charge in [0.1, 0.15) is 5.75 Å². The highest BCUT2D eigenvalue weighted by Gasteiger charge is 2.31. The smallest absolute Gasteiger partial charge is 0.128 e. The fraction of sp³-hybridized carbons (Fsp3) is 0.333. The van der Waals surface area contributed by atoms with Gasteiger partial charge in [0.05, 0.1) is 30.9 Å². The minimum atomic E-state index is 0.423. The molecule has 1 heterocycles. The molecule has 0 radical (unpaired) electrons. The molecule has 3 rings (SSSR count). The molecule has 0 saturated heterocycles. The van der Waals surface area contributed by atoms with Crippen LogP contribution in [0.4, 0.5) is 0 Å². The van der Waals surface area contributed by atoms with Crippen LogP contribution in [-0.4, -0.2) is 17.1 Å². The zero-order valence-electron chi connectivity index (χ0n) is 13.0. The summed E-state index contributed by atoms with van der Waals surface area (Å²) in [5.41, 5.74) is 9.53. The molecule has 1 saturated carbocycles. The van der Waals surface area contributed by atoms with Crippen LogP contribution in [0, 0.1) is 11.8 Å². The lowest BCUT2D eigenvalue weighted by atomic mass is 9.94. The Kier molecular flexibility index (Phi) is 4.09. The summed E-state index contributed by atoms with van der Waals surface area (Å²) in [6.45, 7) is 2.22. The van der Waals surface area contributed by atoms with Gasteiger partial charge in [-0.25, -0.2) is 4.98 Å². The topological polar surface area (TPSA) is 61.0 Å². The molecule has 4 nitrogen and oxygen atoms in total. The van der Waals surface area contributed by atoms with Gasteiger partial charge in [0, 0.05) is 5.56 Å². The van der Waals surface area contributed by atoms with E-state index in [1.165, 1.54) is 12.8 Å². The standard InChI is InChI=1S/C18H21N3O/c1-12(13-7-8-13)15(9-19)17-11-20-10-16(21-17)14-5-3-4-6-18(14)22-2/h3-6,9-13H,7-8,19H2,1-2H3/b15-9+. The van der Waals surface area contributed by atoms with Crippen LogP contribution in [0.5, 0.6) is 5.75 Å². The van der Waals surface area contributed by atoms with E-state index in [1.807, 2.05) is 24.3 Å². The lowest BCUT2D eigenvalue weighted by Gasteiger charge is -2.15. The molecule has 1 aliphatic rings. The van der Waals surface area contributed by atoms with Gasteiger partial charge in [0.25, 0.3) is 0 Å². The number of benzene rings is 1. The molecular formula is C18H21N3O. The molecule has 2 N–H and O–H groups in total. The molecular weight excluding hydrogens is 274 g/mol. The Labute approximate surface area is 131 Å². The van der Waals surface area contributed by atoms with Crippen LogP contribution in [-0.2, 0) is 0 Å². The first-order valence-corrected chi connectivity index (χ1v) is 7.62. The molecule has 1 fully saturated rings. The van der Waals surface area contributed by atoms with Gasteiger partial charge in [-0.15, -0.1) is 0 Å². The van der Waals surface area contributed by atoms with Crippen molar-refractivity contribution in [2.45, 2.75) is 19.8 Å². The van der Waals surface area contributed by atoms with Crippen molar-refractivity contribution >= 4 is 5.57 Å². The molecule has 0 spiro atoms. The Balaban J connectivity index is 1.98. The number of hydrogen-bond donors (Lipinski definition) is 1. The van der Waals surface area contributed by atoms with Crippen molar-refractivity contribution < 1.29 is 4.74 Å². The molecule has 1 atom stereocenters. The highest BCUT2D eigenvalue weighted by molar-refractivity contribution is 5.70. The number of methoxy groups -OCH3 is 1. The number of aromatic nitrogens is 2. The average molecular weight is 295 g/mol. The molecule has 1 aromatic heterocycles. The molecule has 0 aliphatic heterocycles. The summed E-state index contributed by atoms with van der Waals surface area (Å²) < 4.78 is 5.42. The van der Waals surface area contributed by atoms with Crippen molar-refractivity contribution in [1.82, 2.24) is 9.97 Å². The van der Waals surface area contributed by atoms with Crippen molar-refractivity contribution in [2.24, 2.45) is 17.6 Å². The van der Waals surface area contributed by atoms with Crippen LogP contribution in [0.2, 0.25) is 0 Å². The lowest BCUT2D eigenvalue weighted by Crippen LogP contribution is -2.06. The molecule has 4 heteroatoms. The first kappa shape index (κ1) is 14.6. The minimum absolute atomic E-state index is 0.423. The Morgan fingerprint density at radius 2 is 2.09 bits per heavy atom. The maximum absolute atomic E-state index is 5.86. The fourth-order valence-corrected chi connectivity index (χ4v) is 2.81. The van der Waals surface area contributed by atoms with Crippen LogP contribution in [0.1, 0.15) is 25.5 Å². The summed E-state index contributed by atoms with van der Waals surface area (Å²) >= 11 is 0. The number of hydrogen-bond acceptors (Lipinski definition) is 4. The van der Waals surface area contributed by atoms with Gasteiger partial charge < -0.3 is 10.5 Å². The summed E-state index contributed by atoms with van der Waals surface area (Å²) in [4.78, 5) is 9.12. The summed E-state index contributed by atoms with van der Waals surface area (Å²) in [6, 6.07) is 7.83. The van der Waals surface area contributed by atoms with E-state index in [-0.39, 0.29) is 0 Å². The third kappa shape index (κ3) is 2.82. The molecule has 114 valence electrons. The Hall–Kier alpha value is -2.36. The fourth-order valence-electron chi connectivity index (χ4n) is 2.81. The molecule has 1 aliphatic carbocycles. The van der Waals surface area contributed by atoms with E-state index in [1.54, 1.807) is 25.7 Å². The molecule has 0 amide bonds. The van der Waals surface area contributed by atoms with Crippen LogP contribution >= 0.6 is 0 Å². The Morgan fingerprint density at radius 3 is 2.77 bits per heavy atom. The second-order valence-electron chi connectivity index (χ2n) is 5.74. The average Bonchev–Trinajstić information content (AvgIpc) is 3.40. The van der Waals surface area contributed by atoms with Crippen molar-refractivity contribution in [3.05, 3.63) is 48.6 Å². The van der Waals surface area contributed by atoms with Crippen molar-refractivity contribution in [2.75, 3.05) is 7.11 Å². The second kappa shape index (κ2) is 6.18. The van der Waals surface area contributed by atoms with E-state index in [2.05, 4.69) is 11.9 Å². The Morgan fingerprint density at radius 1 is 1.32 bits per heavy atom. The van der Waals surface area contributed by atoms with E-state index < -0.39 is 0 Å². The SMILES string of the molecule is COc1ccccc1-c1cncc(/C(=C/N)C(C)C2CC2)n1. The minimum Gasteiger partial charge on any atom is -0.496 e. The quantitative estimate of drug-likeness (QED) is 0.917. The van der Waals surface area contributed by atoms with Crippen LogP contribution in [0.25, 0.3) is 16.8 Å². The molecule has 2 aromatic rings. The van der Waals surface area contributed by atoms with Gasteiger partial charge in [0.2, 0.25) is 0 Å². The van der Waals surface area contributed by atoms with Gasteiger partial charge >= 0.3 is 0 Å². The third-order valence-corrected chi connectivity index (χ3v) is 4.31. The van der Waals surface area contributed by atoms with Gasteiger partial charge in [-0.3, -0.25) is 4.98 Å². The lowest BCUT2D eigenvalue weighted by molar-refractivity contribution is 0.416. The first-order chi connectivity index (χ1) is 10.7. The summed E-state index contributed by atoms with van der Waals surface area (Å²) in [5, 5.41) is 0. The van der Waals surface area contributed by atoms with E-state index in [9.17, 15) is 0 Å². The number of nitrogens with two attached hydrogens (primary N) is 1.